The van der Waals surface area contributed by atoms with Crippen LogP contribution in [0.3, 0.4) is 0 Å². The molecule has 2 heterocycles. The molecule has 0 aliphatic carbocycles. The van der Waals surface area contributed by atoms with Crippen LogP contribution in [0.1, 0.15) is 25.0 Å². The number of non-ortho nitro benzene ring substituents is 1. The van der Waals surface area contributed by atoms with Gasteiger partial charge in [0.05, 0.1) is 28.4 Å². The summed E-state index contributed by atoms with van der Waals surface area (Å²) in [6.45, 7) is 6.68. The third kappa shape index (κ3) is 3.82. The third-order valence-corrected chi connectivity index (χ3v) is 5.42. The Kier molecular flexibility index (Phi) is 5.32. The van der Waals surface area contributed by atoms with Crippen LogP contribution in [0.25, 0.3) is 5.57 Å². The molecule has 0 N–H and O–H groups in total. The molecule has 1 fully saturated rings. The second kappa shape index (κ2) is 7.96. The van der Waals surface area contributed by atoms with Gasteiger partial charge in [0.2, 0.25) is 0 Å². The van der Waals surface area contributed by atoms with Gasteiger partial charge in [0.1, 0.15) is 5.70 Å². The molecule has 1 saturated heterocycles. The highest BCUT2D eigenvalue weighted by molar-refractivity contribution is 6.45. The van der Waals surface area contributed by atoms with Gasteiger partial charge in [-0.15, -0.1) is 0 Å². The summed E-state index contributed by atoms with van der Waals surface area (Å²) in [5, 5.41) is 11.0. The van der Waals surface area contributed by atoms with E-state index in [-0.39, 0.29) is 23.5 Å². The molecule has 8 heteroatoms. The van der Waals surface area contributed by atoms with Gasteiger partial charge in [0, 0.05) is 25.2 Å². The van der Waals surface area contributed by atoms with E-state index in [0.29, 0.717) is 30.0 Å². The van der Waals surface area contributed by atoms with E-state index in [1.54, 1.807) is 18.2 Å². The number of hydrogen-bond donors (Lipinski definition) is 0. The van der Waals surface area contributed by atoms with Crippen molar-refractivity contribution in [2.45, 2.75) is 33.0 Å². The van der Waals surface area contributed by atoms with Crippen molar-refractivity contribution in [3.8, 4) is 0 Å². The van der Waals surface area contributed by atoms with Crippen molar-refractivity contribution in [2.75, 3.05) is 18.0 Å². The molecular weight excluding hydrogens is 398 g/mol. The number of aryl methyl sites for hydroxylation is 1. The highest BCUT2D eigenvalue weighted by Gasteiger charge is 2.44. The normalized spacial score (nSPS) is 21.8. The largest absolute Gasteiger partial charge is 0.372 e. The van der Waals surface area contributed by atoms with Gasteiger partial charge in [0.15, 0.2) is 0 Å². The molecule has 31 heavy (non-hydrogen) atoms. The number of nitrogens with zero attached hydrogens (tertiary/aromatic N) is 3. The Hall–Kier alpha value is -3.52. The molecule has 2 unspecified atom stereocenters. The van der Waals surface area contributed by atoms with Crippen LogP contribution in [-0.4, -0.2) is 46.9 Å². The summed E-state index contributed by atoms with van der Waals surface area (Å²) < 4.78 is 5.80. The SMILES string of the molecule is Cc1cccc(N2C(=O)C(c3ccc([N+](=O)[O-])cc3)=C(N3CC(C)OC(C)C3)C2=O)c1. The summed E-state index contributed by atoms with van der Waals surface area (Å²) in [6, 6.07) is 12.9. The summed E-state index contributed by atoms with van der Waals surface area (Å²) in [5.74, 6) is -0.837. The van der Waals surface area contributed by atoms with Gasteiger partial charge in [-0.05, 0) is 56.2 Å². The molecule has 160 valence electrons. The van der Waals surface area contributed by atoms with Crippen molar-refractivity contribution in [3.05, 3.63) is 75.5 Å². The van der Waals surface area contributed by atoms with Gasteiger partial charge < -0.3 is 9.64 Å². The molecule has 2 amide bonds. The van der Waals surface area contributed by atoms with Crippen LogP contribution in [0.5, 0.6) is 0 Å². The molecule has 2 aliphatic rings. The first kappa shape index (κ1) is 20.7. The maximum atomic E-state index is 13.6. The molecular formula is C23H23N3O5. The Labute approximate surface area is 179 Å². The maximum Gasteiger partial charge on any atom is 0.282 e. The Balaban J connectivity index is 1.83. The van der Waals surface area contributed by atoms with Gasteiger partial charge in [-0.3, -0.25) is 19.7 Å². The fourth-order valence-electron chi connectivity index (χ4n) is 4.18. The second-order valence-corrected chi connectivity index (χ2v) is 7.97. The summed E-state index contributed by atoms with van der Waals surface area (Å²) in [6.07, 6.45) is -0.212. The molecule has 2 aromatic rings. The van der Waals surface area contributed by atoms with Crippen molar-refractivity contribution in [2.24, 2.45) is 0 Å². The van der Waals surface area contributed by atoms with E-state index in [9.17, 15) is 19.7 Å². The Morgan fingerprint density at radius 1 is 1.00 bits per heavy atom. The van der Waals surface area contributed by atoms with Crippen molar-refractivity contribution < 1.29 is 19.2 Å². The topological polar surface area (TPSA) is 93.0 Å². The summed E-state index contributed by atoms with van der Waals surface area (Å²) in [5.41, 5.74) is 2.38. The van der Waals surface area contributed by atoms with Gasteiger partial charge in [-0.1, -0.05) is 12.1 Å². The first-order valence-corrected chi connectivity index (χ1v) is 10.1. The molecule has 0 saturated carbocycles. The number of amides is 2. The zero-order chi connectivity index (χ0) is 22.3. The second-order valence-electron chi connectivity index (χ2n) is 7.97. The van der Waals surface area contributed by atoms with Crippen LogP contribution in [0.2, 0.25) is 0 Å². The average molecular weight is 421 g/mol. The minimum atomic E-state index is -0.495. The van der Waals surface area contributed by atoms with E-state index in [2.05, 4.69) is 0 Å². The molecule has 2 aliphatic heterocycles. The van der Waals surface area contributed by atoms with E-state index in [1.807, 2.05) is 31.7 Å². The lowest BCUT2D eigenvalue weighted by atomic mass is 10.0. The van der Waals surface area contributed by atoms with Crippen LogP contribution in [0.15, 0.2) is 54.2 Å². The predicted molar refractivity (Wildman–Crippen MR) is 115 cm³/mol. The van der Waals surface area contributed by atoms with Gasteiger partial charge >= 0.3 is 0 Å². The minimum Gasteiger partial charge on any atom is -0.372 e. The van der Waals surface area contributed by atoms with Crippen LogP contribution in [-0.2, 0) is 14.3 Å². The van der Waals surface area contributed by atoms with Crippen LogP contribution in [0, 0.1) is 17.0 Å². The highest BCUT2D eigenvalue weighted by atomic mass is 16.6. The predicted octanol–water partition coefficient (Wildman–Crippen LogP) is 3.30. The summed E-state index contributed by atoms with van der Waals surface area (Å²) >= 11 is 0. The van der Waals surface area contributed by atoms with E-state index in [4.69, 9.17) is 4.74 Å². The number of benzene rings is 2. The van der Waals surface area contributed by atoms with E-state index < -0.39 is 16.7 Å². The first-order valence-electron chi connectivity index (χ1n) is 10.1. The van der Waals surface area contributed by atoms with E-state index in [1.165, 1.54) is 29.2 Å². The lowest BCUT2D eigenvalue weighted by molar-refractivity contribution is -0.384. The number of imide groups is 1. The van der Waals surface area contributed by atoms with Crippen molar-refractivity contribution in [1.82, 2.24) is 4.90 Å². The molecule has 0 bridgehead atoms. The number of nitro benzene ring substituents is 1. The number of ether oxygens (including phenoxy) is 1. The van der Waals surface area contributed by atoms with Crippen LogP contribution >= 0.6 is 0 Å². The lowest BCUT2D eigenvalue weighted by Crippen LogP contribution is -2.47. The van der Waals surface area contributed by atoms with Crippen molar-refractivity contribution in [1.29, 1.82) is 0 Å². The monoisotopic (exact) mass is 421 g/mol. The summed E-state index contributed by atoms with van der Waals surface area (Å²) in [7, 11) is 0. The number of carbonyl (C=O) groups is 2. The third-order valence-electron chi connectivity index (χ3n) is 5.42. The Morgan fingerprint density at radius 3 is 2.23 bits per heavy atom. The summed E-state index contributed by atoms with van der Waals surface area (Å²) in [4.78, 5) is 40.7. The molecule has 0 aromatic heterocycles. The smallest absolute Gasteiger partial charge is 0.282 e. The molecule has 2 atom stereocenters. The Morgan fingerprint density at radius 2 is 1.65 bits per heavy atom. The Bertz CT molecular complexity index is 1080. The number of hydrogen-bond acceptors (Lipinski definition) is 6. The standard InChI is InChI=1S/C23H23N3O5/c1-14-5-4-6-19(11-14)25-22(27)20(17-7-9-18(10-8-17)26(29)30)21(23(25)28)24-12-15(2)31-16(3)13-24/h4-11,15-16H,12-13H2,1-3H3. The van der Waals surface area contributed by atoms with Gasteiger partial charge in [-0.25, -0.2) is 4.90 Å². The van der Waals surface area contributed by atoms with E-state index in [0.717, 1.165) is 5.56 Å². The van der Waals surface area contributed by atoms with E-state index >= 15 is 0 Å². The zero-order valence-corrected chi connectivity index (χ0v) is 17.6. The molecule has 2 aromatic carbocycles. The van der Waals surface area contributed by atoms with Crippen LogP contribution < -0.4 is 4.90 Å². The number of anilines is 1. The fraction of sp³-hybridized carbons (Fsp3) is 0.304. The molecule has 4 rings (SSSR count). The van der Waals surface area contributed by atoms with Gasteiger partial charge in [-0.2, -0.15) is 0 Å². The molecule has 0 radical (unpaired) electrons. The first-order chi connectivity index (χ1) is 14.8. The lowest BCUT2D eigenvalue weighted by Gasteiger charge is -2.37. The minimum absolute atomic E-state index is 0.0770. The zero-order valence-electron chi connectivity index (χ0n) is 17.6. The number of nitro groups is 1. The maximum absolute atomic E-state index is 13.6. The highest BCUT2D eigenvalue weighted by Crippen LogP contribution is 2.36. The number of rotatable bonds is 4. The number of morpholine rings is 1. The van der Waals surface area contributed by atoms with Crippen molar-refractivity contribution in [3.63, 3.8) is 0 Å². The average Bonchev–Trinajstić information content (AvgIpc) is 2.97. The van der Waals surface area contributed by atoms with Gasteiger partial charge in [0.25, 0.3) is 17.5 Å². The fourth-order valence-corrected chi connectivity index (χ4v) is 4.18. The quantitative estimate of drug-likeness (QED) is 0.427. The molecule has 8 nitrogen and oxygen atoms in total. The number of carbonyl (C=O) groups excluding carboxylic acids is 2. The van der Waals surface area contributed by atoms with Crippen molar-refractivity contribution >= 4 is 28.8 Å². The molecule has 0 spiro atoms. The van der Waals surface area contributed by atoms with Crippen LogP contribution in [0.4, 0.5) is 11.4 Å².